The maximum atomic E-state index is 12.1. The molecule has 0 spiro atoms. The van der Waals surface area contributed by atoms with E-state index < -0.39 is 6.36 Å². The van der Waals surface area contributed by atoms with Gasteiger partial charge in [0.1, 0.15) is 11.6 Å². The van der Waals surface area contributed by atoms with Crippen LogP contribution in [0.1, 0.15) is 0 Å². The van der Waals surface area contributed by atoms with E-state index in [1.807, 2.05) is 22.6 Å². The van der Waals surface area contributed by atoms with E-state index in [1.54, 1.807) is 6.07 Å². The number of benzene rings is 1. The van der Waals surface area contributed by atoms with Gasteiger partial charge in [-0.25, -0.2) is 9.97 Å². The third kappa shape index (κ3) is 3.69. The Morgan fingerprint density at radius 3 is 2.63 bits per heavy atom. The molecule has 2 rings (SSSR count). The summed E-state index contributed by atoms with van der Waals surface area (Å²) in [5.41, 5.74) is 6.02. The van der Waals surface area contributed by atoms with Crippen LogP contribution >= 0.6 is 22.6 Å². The summed E-state index contributed by atoms with van der Waals surface area (Å²) < 4.78 is 40.9. The first-order valence-electron chi connectivity index (χ1n) is 4.99. The molecule has 0 saturated heterocycles. The standard InChI is InChI=1S/C11H7F3IN3O/c12-11(13,14)19-7-3-1-2-6(4-7)10-17-5-8(15)9(16)18-10/h1-5H,(H2,16,17,18). The van der Waals surface area contributed by atoms with Crippen molar-refractivity contribution in [3.63, 3.8) is 0 Å². The summed E-state index contributed by atoms with van der Waals surface area (Å²) in [6.45, 7) is 0. The summed E-state index contributed by atoms with van der Waals surface area (Å²) in [6, 6.07) is 5.40. The topological polar surface area (TPSA) is 61.0 Å². The summed E-state index contributed by atoms with van der Waals surface area (Å²) in [6.07, 6.45) is -3.24. The predicted molar refractivity (Wildman–Crippen MR) is 71.3 cm³/mol. The fraction of sp³-hybridized carbons (Fsp3) is 0.0909. The zero-order chi connectivity index (χ0) is 14.0. The second-order valence-corrected chi connectivity index (χ2v) is 4.66. The molecular formula is C11H7F3IN3O. The minimum Gasteiger partial charge on any atom is -0.406 e. The number of anilines is 1. The van der Waals surface area contributed by atoms with Crippen molar-refractivity contribution in [1.29, 1.82) is 0 Å². The Morgan fingerprint density at radius 2 is 2.00 bits per heavy atom. The maximum Gasteiger partial charge on any atom is 0.573 e. The summed E-state index contributed by atoms with van der Waals surface area (Å²) in [4.78, 5) is 8.01. The van der Waals surface area contributed by atoms with Crippen molar-refractivity contribution in [2.45, 2.75) is 6.36 Å². The van der Waals surface area contributed by atoms with Gasteiger partial charge in [0.2, 0.25) is 0 Å². The average molecular weight is 381 g/mol. The van der Waals surface area contributed by atoms with Gasteiger partial charge in [-0.1, -0.05) is 12.1 Å². The molecule has 100 valence electrons. The highest BCUT2D eigenvalue weighted by Gasteiger charge is 2.31. The molecule has 2 aromatic rings. The van der Waals surface area contributed by atoms with Crippen LogP contribution in [0.2, 0.25) is 0 Å². The van der Waals surface area contributed by atoms with Crippen LogP contribution in [0.4, 0.5) is 19.0 Å². The van der Waals surface area contributed by atoms with Crippen LogP contribution in [0.25, 0.3) is 11.4 Å². The molecule has 4 nitrogen and oxygen atoms in total. The van der Waals surface area contributed by atoms with Gasteiger partial charge in [0.05, 0.1) is 3.57 Å². The van der Waals surface area contributed by atoms with Crippen molar-refractivity contribution >= 4 is 28.4 Å². The van der Waals surface area contributed by atoms with Crippen molar-refractivity contribution in [3.05, 3.63) is 34.0 Å². The number of ether oxygens (including phenoxy) is 1. The van der Waals surface area contributed by atoms with Crippen molar-refractivity contribution in [2.24, 2.45) is 0 Å². The second-order valence-electron chi connectivity index (χ2n) is 3.50. The summed E-state index contributed by atoms with van der Waals surface area (Å²) in [5, 5.41) is 0. The summed E-state index contributed by atoms with van der Waals surface area (Å²) in [7, 11) is 0. The zero-order valence-electron chi connectivity index (χ0n) is 9.28. The van der Waals surface area contributed by atoms with Crippen LogP contribution in [-0.4, -0.2) is 16.3 Å². The quantitative estimate of drug-likeness (QED) is 0.812. The zero-order valence-corrected chi connectivity index (χ0v) is 11.4. The van der Waals surface area contributed by atoms with E-state index in [9.17, 15) is 13.2 Å². The molecule has 0 bridgehead atoms. The predicted octanol–water partition coefficient (Wildman–Crippen LogP) is 3.23. The number of hydrogen-bond donors (Lipinski definition) is 1. The van der Waals surface area contributed by atoms with Gasteiger partial charge in [0.15, 0.2) is 5.82 Å². The number of halogens is 4. The highest BCUT2D eigenvalue weighted by Crippen LogP contribution is 2.27. The molecule has 0 saturated carbocycles. The molecule has 1 heterocycles. The Labute approximate surface area is 120 Å². The lowest BCUT2D eigenvalue weighted by atomic mass is 10.2. The maximum absolute atomic E-state index is 12.1. The van der Waals surface area contributed by atoms with E-state index in [1.165, 1.54) is 24.4 Å². The van der Waals surface area contributed by atoms with Crippen LogP contribution in [0.3, 0.4) is 0 Å². The minimum atomic E-state index is -4.73. The lowest BCUT2D eigenvalue weighted by molar-refractivity contribution is -0.274. The van der Waals surface area contributed by atoms with E-state index >= 15 is 0 Å². The molecule has 0 radical (unpaired) electrons. The average Bonchev–Trinajstić information content (AvgIpc) is 2.31. The first-order chi connectivity index (χ1) is 8.85. The molecule has 0 aliphatic carbocycles. The van der Waals surface area contributed by atoms with Crippen molar-refractivity contribution < 1.29 is 17.9 Å². The van der Waals surface area contributed by atoms with Gasteiger partial charge in [0, 0.05) is 11.8 Å². The lowest BCUT2D eigenvalue weighted by Gasteiger charge is -2.09. The van der Waals surface area contributed by atoms with Crippen LogP contribution in [0.15, 0.2) is 30.5 Å². The fourth-order valence-corrected chi connectivity index (χ4v) is 1.61. The number of hydrogen-bond acceptors (Lipinski definition) is 4. The second kappa shape index (κ2) is 5.19. The van der Waals surface area contributed by atoms with E-state index in [2.05, 4.69) is 14.7 Å². The van der Waals surface area contributed by atoms with Gasteiger partial charge in [0.25, 0.3) is 0 Å². The van der Waals surface area contributed by atoms with Gasteiger partial charge in [-0.2, -0.15) is 0 Å². The molecule has 0 aliphatic rings. The molecule has 0 atom stereocenters. The molecule has 0 aliphatic heterocycles. The first kappa shape index (κ1) is 13.8. The van der Waals surface area contributed by atoms with Crippen molar-refractivity contribution in [2.75, 3.05) is 5.73 Å². The number of nitrogen functional groups attached to an aromatic ring is 1. The van der Waals surface area contributed by atoms with Crippen LogP contribution in [0, 0.1) is 3.57 Å². The molecular weight excluding hydrogens is 374 g/mol. The van der Waals surface area contributed by atoms with Crippen LogP contribution in [-0.2, 0) is 0 Å². The van der Waals surface area contributed by atoms with Crippen molar-refractivity contribution in [1.82, 2.24) is 9.97 Å². The molecule has 8 heteroatoms. The van der Waals surface area contributed by atoms with E-state index in [-0.39, 0.29) is 17.4 Å². The van der Waals surface area contributed by atoms with Crippen LogP contribution in [0.5, 0.6) is 5.75 Å². The molecule has 0 fully saturated rings. The van der Waals surface area contributed by atoms with Gasteiger partial charge >= 0.3 is 6.36 Å². The van der Waals surface area contributed by atoms with Gasteiger partial charge in [-0.05, 0) is 34.7 Å². The number of nitrogens with zero attached hydrogens (tertiary/aromatic N) is 2. The Morgan fingerprint density at radius 1 is 1.26 bits per heavy atom. The van der Waals surface area contributed by atoms with Crippen molar-refractivity contribution in [3.8, 4) is 17.1 Å². The Kier molecular flexibility index (Phi) is 3.78. The Hall–Kier alpha value is -1.58. The van der Waals surface area contributed by atoms with Crippen LogP contribution < -0.4 is 10.5 Å². The monoisotopic (exact) mass is 381 g/mol. The highest BCUT2D eigenvalue weighted by molar-refractivity contribution is 14.1. The normalized spacial score (nSPS) is 11.4. The highest BCUT2D eigenvalue weighted by atomic mass is 127. The van der Waals surface area contributed by atoms with Gasteiger partial charge in [-0.15, -0.1) is 13.2 Å². The molecule has 1 aromatic carbocycles. The smallest absolute Gasteiger partial charge is 0.406 e. The Balaban J connectivity index is 2.35. The minimum absolute atomic E-state index is 0.241. The summed E-state index contributed by atoms with van der Waals surface area (Å²) in [5.74, 6) is 0.184. The largest absolute Gasteiger partial charge is 0.573 e. The molecule has 0 unspecified atom stereocenters. The molecule has 2 N–H and O–H groups in total. The van der Waals surface area contributed by atoms with E-state index in [0.717, 1.165) is 0 Å². The molecule has 19 heavy (non-hydrogen) atoms. The SMILES string of the molecule is Nc1nc(-c2cccc(OC(F)(F)F)c2)ncc1I. The van der Waals surface area contributed by atoms with Gasteiger partial charge < -0.3 is 10.5 Å². The number of alkyl halides is 3. The number of rotatable bonds is 2. The number of aromatic nitrogens is 2. The van der Waals surface area contributed by atoms with E-state index in [0.29, 0.717) is 9.13 Å². The van der Waals surface area contributed by atoms with Gasteiger partial charge in [-0.3, -0.25) is 0 Å². The fourth-order valence-electron chi connectivity index (χ4n) is 1.35. The third-order valence-electron chi connectivity index (χ3n) is 2.10. The number of nitrogens with two attached hydrogens (primary N) is 1. The first-order valence-corrected chi connectivity index (χ1v) is 6.07. The Bertz CT molecular complexity index is 604. The molecule has 1 aromatic heterocycles. The third-order valence-corrected chi connectivity index (χ3v) is 2.93. The van der Waals surface area contributed by atoms with E-state index in [4.69, 9.17) is 5.73 Å². The summed E-state index contributed by atoms with van der Waals surface area (Å²) >= 11 is 1.96. The lowest BCUT2D eigenvalue weighted by Crippen LogP contribution is -2.17. The molecule has 0 amide bonds.